The number of ether oxygens (including phenoxy) is 1. The first-order valence-corrected chi connectivity index (χ1v) is 15.8. The van der Waals surface area contributed by atoms with Gasteiger partial charge in [0, 0.05) is 55.9 Å². The van der Waals surface area contributed by atoms with Gasteiger partial charge in [0.15, 0.2) is 5.78 Å². The third kappa shape index (κ3) is 8.10. The highest BCUT2D eigenvalue weighted by atomic mass is 16.5. The van der Waals surface area contributed by atoms with Crippen LogP contribution in [0, 0.1) is 17.8 Å². The van der Waals surface area contributed by atoms with Gasteiger partial charge in [-0.1, -0.05) is 44.7 Å². The molecule has 0 amide bonds. The third-order valence-electron chi connectivity index (χ3n) is 9.15. The van der Waals surface area contributed by atoms with E-state index < -0.39 is 0 Å². The lowest BCUT2D eigenvalue weighted by atomic mass is 9.85. The van der Waals surface area contributed by atoms with Crippen molar-refractivity contribution in [1.82, 2.24) is 4.90 Å². The van der Waals surface area contributed by atoms with E-state index in [1.807, 2.05) is 6.08 Å². The van der Waals surface area contributed by atoms with Gasteiger partial charge >= 0.3 is 0 Å². The molecule has 0 aromatic rings. The molecule has 1 aliphatic carbocycles. The second-order valence-corrected chi connectivity index (χ2v) is 12.3. The fraction of sp³-hybridized carbons (Fsp3) is 0.474. The number of nitrogens with zero attached hydrogens (tertiary/aromatic N) is 3. The van der Waals surface area contributed by atoms with E-state index in [0.717, 1.165) is 73.7 Å². The Hall–Kier alpha value is -3.53. The average molecular weight is 580 g/mol. The fourth-order valence-electron chi connectivity index (χ4n) is 6.20. The highest BCUT2D eigenvalue weighted by Crippen LogP contribution is 2.32. The Kier molecular flexibility index (Phi) is 11.1. The summed E-state index contributed by atoms with van der Waals surface area (Å²) in [6, 6.07) is 0. The molecule has 0 aromatic carbocycles. The molecule has 3 aliphatic heterocycles. The number of hydrogen-bond acceptors (Lipinski definition) is 5. The van der Waals surface area contributed by atoms with Crippen molar-refractivity contribution in [3.8, 4) is 0 Å². The Morgan fingerprint density at radius 3 is 2.67 bits per heavy atom. The smallest absolute Gasteiger partial charge is 0.183 e. The van der Waals surface area contributed by atoms with E-state index in [0.29, 0.717) is 35.2 Å². The lowest BCUT2D eigenvalue weighted by molar-refractivity contribution is -0.111. The normalized spacial score (nSPS) is 25.9. The molecule has 2 saturated heterocycles. The van der Waals surface area contributed by atoms with Crippen LogP contribution in [0.2, 0.25) is 0 Å². The summed E-state index contributed by atoms with van der Waals surface area (Å²) in [5.74, 6) is 1.34. The summed E-state index contributed by atoms with van der Waals surface area (Å²) in [6.07, 6.45) is 16.9. The Balaban J connectivity index is 1.58. The van der Waals surface area contributed by atoms with Crippen molar-refractivity contribution in [3.63, 3.8) is 0 Å². The SMILES string of the molecule is C=C1CC(/C=C\C(=C/C)N2CCC(=C)C(CC3COC3)CC2)=NC(C(/C=C2/C(CC)=C=C(C)C(C)=CC2C)=NC)=CC1=O. The number of aliphatic imine (C=N–C) groups is 2. The van der Waals surface area contributed by atoms with Gasteiger partial charge in [-0.25, -0.2) is 0 Å². The summed E-state index contributed by atoms with van der Waals surface area (Å²) in [4.78, 5) is 25.1. The standard InChI is InChI=1S/C38H49N3O2/c1-9-31-18-27(5)26(4)17-28(6)35(31)21-36(39-8)37-22-38(42)29(7)19-33(40-37)11-12-34(10-2)41-15-13-25(3)32(14-16-41)20-30-23-43-24-30/h10-12,17,21-22,28,30,32H,3,7,9,13-16,19-20,23-24H2,1-2,4-6,8H3/b12-11-,34-10+,35-21+,39-36?. The molecule has 0 spiro atoms. The summed E-state index contributed by atoms with van der Waals surface area (Å²) >= 11 is 0. The fourth-order valence-corrected chi connectivity index (χ4v) is 6.20. The van der Waals surface area contributed by atoms with Crippen LogP contribution in [0.1, 0.15) is 66.7 Å². The molecule has 0 radical (unpaired) electrons. The van der Waals surface area contributed by atoms with Crippen LogP contribution in [-0.4, -0.2) is 55.5 Å². The Bertz CT molecular complexity index is 1430. The van der Waals surface area contributed by atoms with Crippen LogP contribution in [0.3, 0.4) is 0 Å². The number of rotatable bonds is 8. The van der Waals surface area contributed by atoms with E-state index in [1.54, 1.807) is 13.1 Å². The van der Waals surface area contributed by atoms with Crippen LogP contribution in [0.25, 0.3) is 0 Å². The summed E-state index contributed by atoms with van der Waals surface area (Å²) in [7, 11) is 1.76. The van der Waals surface area contributed by atoms with Gasteiger partial charge in [-0.3, -0.25) is 14.8 Å². The van der Waals surface area contributed by atoms with Crippen molar-refractivity contribution in [3.05, 3.63) is 100 Å². The zero-order chi connectivity index (χ0) is 31.1. The van der Waals surface area contributed by atoms with E-state index >= 15 is 0 Å². The van der Waals surface area contributed by atoms with E-state index in [9.17, 15) is 4.79 Å². The van der Waals surface area contributed by atoms with Crippen LogP contribution in [0.4, 0.5) is 0 Å². The van der Waals surface area contributed by atoms with Crippen LogP contribution >= 0.6 is 0 Å². The maximum Gasteiger partial charge on any atom is 0.183 e. The minimum absolute atomic E-state index is 0.103. The van der Waals surface area contributed by atoms with Gasteiger partial charge in [0.25, 0.3) is 0 Å². The van der Waals surface area contributed by atoms with Gasteiger partial charge < -0.3 is 9.64 Å². The molecule has 3 heterocycles. The summed E-state index contributed by atoms with van der Waals surface area (Å²) < 4.78 is 5.41. The molecule has 2 fully saturated rings. The van der Waals surface area contributed by atoms with Crippen molar-refractivity contribution in [2.45, 2.75) is 66.7 Å². The Morgan fingerprint density at radius 2 is 2.02 bits per heavy atom. The zero-order valence-electron chi connectivity index (χ0n) is 27.1. The number of likely N-dealkylation sites (tertiary alicyclic amines) is 1. The maximum atomic E-state index is 13.0. The van der Waals surface area contributed by atoms with Gasteiger partial charge in [-0.2, -0.15) is 0 Å². The predicted octanol–water partition coefficient (Wildman–Crippen LogP) is 8.08. The Labute approximate surface area is 259 Å². The van der Waals surface area contributed by atoms with Crippen molar-refractivity contribution < 1.29 is 9.53 Å². The second kappa shape index (κ2) is 14.8. The third-order valence-corrected chi connectivity index (χ3v) is 9.15. The lowest BCUT2D eigenvalue weighted by Gasteiger charge is -2.30. The maximum absolute atomic E-state index is 13.0. The molecule has 4 rings (SSSR count). The summed E-state index contributed by atoms with van der Waals surface area (Å²) in [5, 5.41) is 0. The van der Waals surface area contributed by atoms with Crippen LogP contribution in [0.5, 0.6) is 0 Å². The van der Waals surface area contributed by atoms with Gasteiger partial charge in [0.05, 0.1) is 24.6 Å². The summed E-state index contributed by atoms with van der Waals surface area (Å²) in [6.45, 7) is 22.9. The van der Waals surface area contributed by atoms with Crippen LogP contribution < -0.4 is 0 Å². The highest BCUT2D eigenvalue weighted by molar-refractivity contribution is 6.19. The van der Waals surface area contributed by atoms with Crippen molar-refractivity contribution in [2.75, 3.05) is 33.4 Å². The van der Waals surface area contributed by atoms with Crippen molar-refractivity contribution in [2.24, 2.45) is 27.7 Å². The van der Waals surface area contributed by atoms with Gasteiger partial charge in [-0.05, 0) is 98.5 Å². The average Bonchev–Trinajstić information content (AvgIpc) is 3.27. The topological polar surface area (TPSA) is 54.3 Å². The number of ketones is 1. The van der Waals surface area contributed by atoms with Crippen molar-refractivity contribution in [1.29, 1.82) is 0 Å². The van der Waals surface area contributed by atoms with Crippen molar-refractivity contribution >= 4 is 17.2 Å². The quantitative estimate of drug-likeness (QED) is 0.0960. The molecule has 43 heavy (non-hydrogen) atoms. The molecule has 5 nitrogen and oxygen atoms in total. The zero-order valence-corrected chi connectivity index (χ0v) is 27.1. The highest BCUT2D eigenvalue weighted by Gasteiger charge is 2.27. The molecule has 2 atom stereocenters. The van der Waals surface area contributed by atoms with Crippen LogP contribution in [0.15, 0.2) is 110 Å². The van der Waals surface area contributed by atoms with Crippen LogP contribution in [-0.2, 0) is 9.53 Å². The first kappa shape index (κ1) is 32.4. The number of hydrogen-bond donors (Lipinski definition) is 0. The number of carbonyl (C=O) groups excluding carboxylic acids is 1. The second-order valence-electron chi connectivity index (χ2n) is 12.3. The molecule has 0 saturated carbocycles. The minimum Gasteiger partial charge on any atom is -0.381 e. The molecule has 0 bridgehead atoms. The molecule has 228 valence electrons. The van der Waals surface area contributed by atoms with E-state index in [-0.39, 0.29) is 11.7 Å². The van der Waals surface area contributed by atoms with Gasteiger partial charge in [0.1, 0.15) is 0 Å². The molecule has 4 aliphatic rings. The molecule has 0 N–H and O–H groups in total. The first-order valence-electron chi connectivity index (χ1n) is 15.8. The minimum atomic E-state index is -0.103. The molecular weight excluding hydrogens is 530 g/mol. The molecule has 5 heteroatoms. The number of allylic oxidation sites excluding steroid dienone is 10. The van der Waals surface area contributed by atoms with E-state index in [1.165, 1.54) is 17.6 Å². The number of carbonyl (C=O) groups is 1. The predicted molar refractivity (Wildman–Crippen MR) is 180 cm³/mol. The van der Waals surface area contributed by atoms with Gasteiger partial charge in [0.2, 0.25) is 0 Å². The van der Waals surface area contributed by atoms with E-state index in [2.05, 4.69) is 87.7 Å². The molecule has 0 aromatic heterocycles. The van der Waals surface area contributed by atoms with E-state index in [4.69, 9.17) is 9.73 Å². The van der Waals surface area contributed by atoms with Gasteiger partial charge in [-0.15, -0.1) is 5.73 Å². The first-order chi connectivity index (χ1) is 20.6. The Morgan fingerprint density at radius 1 is 1.26 bits per heavy atom. The lowest BCUT2D eigenvalue weighted by Crippen LogP contribution is -2.30. The summed E-state index contributed by atoms with van der Waals surface area (Å²) in [5.41, 5.74) is 13.4. The largest absolute Gasteiger partial charge is 0.381 e. The monoisotopic (exact) mass is 579 g/mol. The molecule has 2 unspecified atom stereocenters. The molecular formula is C38H49N3O2.